The number of imide groups is 2. The van der Waals surface area contributed by atoms with Gasteiger partial charge in [-0.1, -0.05) is 24.3 Å². The normalized spacial score (nSPS) is 15.2. The third kappa shape index (κ3) is 2.59. The third-order valence-corrected chi connectivity index (χ3v) is 4.67. The summed E-state index contributed by atoms with van der Waals surface area (Å²) in [4.78, 5) is 45.0. The largest absolute Gasteiger partial charge is 0.276 e. The Balaban J connectivity index is 0.000000141. The Kier molecular flexibility index (Phi) is 4.37. The van der Waals surface area contributed by atoms with E-state index in [1.54, 1.807) is 71.4 Å². The SMILES string of the molecule is O=C1c2ccccc2C(=O)N1Cl.O=C1c2ccccc2C(=O)N1I. The van der Waals surface area contributed by atoms with Gasteiger partial charge < -0.3 is 0 Å². The third-order valence-electron chi connectivity index (χ3n) is 3.49. The molecule has 4 rings (SSSR count). The van der Waals surface area contributed by atoms with Gasteiger partial charge in [0.15, 0.2) is 0 Å². The summed E-state index contributed by atoms with van der Waals surface area (Å²) in [7, 11) is 0. The maximum atomic E-state index is 11.3. The monoisotopic (exact) mass is 454 g/mol. The fourth-order valence-corrected chi connectivity index (χ4v) is 3.02. The second-order valence-corrected chi connectivity index (χ2v) is 6.18. The summed E-state index contributed by atoms with van der Waals surface area (Å²) in [6.07, 6.45) is 0. The number of carbonyl (C=O) groups is 4. The minimum atomic E-state index is -0.447. The molecule has 2 heterocycles. The molecule has 0 bridgehead atoms. The van der Waals surface area contributed by atoms with Crippen LogP contribution in [-0.2, 0) is 0 Å². The topological polar surface area (TPSA) is 74.8 Å². The highest BCUT2D eigenvalue weighted by Gasteiger charge is 2.34. The molecule has 0 aliphatic carbocycles. The molecule has 6 nitrogen and oxygen atoms in total. The van der Waals surface area contributed by atoms with Crippen molar-refractivity contribution >= 4 is 58.3 Å². The Morgan fingerprint density at radius 3 is 1.25 bits per heavy atom. The number of carbonyl (C=O) groups excluding carboxylic acids is 4. The van der Waals surface area contributed by atoms with Crippen LogP contribution in [0.15, 0.2) is 48.5 Å². The van der Waals surface area contributed by atoms with Crippen molar-refractivity contribution in [3.63, 3.8) is 0 Å². The Morgan fingerprint density at radius 2 is 0.917 bits per heavy atom. The van der Waals surface area contributed by atoms with Crippen molar-refractivity contribution in [2.45, 2.75) is 0 Å². The van der Waals surface area contributed by atoms with Crippen LogP contribution in [0.4, 0.5) is 0 Å². The van der Waals surface area contributed by atoms with Crippen LogP contribution in [0.3, 0.4) is 0 Å². The summed E-state index contributed by atoms with van der Waals surface area (Å²) in [5, 5.41) is 0. The van der Waals surface area contributed by atoms with Gasteiger partial charge >= 0.3 is 0 Å². The van der Waals surface area contributed by atoms with Gasteiger partial charge in [0, 0.05) is 11.8 Å². The van der Waals surface area contributed by atoms with E-state index in [1.165, 1.54) is 0 Å². The molecular weight excluding hydrogens is 447 g/mol. The lowest BCUT2D eigenvalue weighted by atomic mass is 10.1. The molecule has 0 N–H and O–H groups in total. The van der Waals surface area contributed by atoms with Crippen molar-refractivity contribution in [1.29, 1.82) is 0 Å². The van der Waals surface area contributed by atoms with E-state index in [4.69, 9.17) is 11.8 Å². The summed E-state index contributed by atoms with van der Waals surface area (Å²) < 4.78 is 1.70. The molecule has 0 fully saturated rings. The molecule has 0 atom stereocenters. The Hall–Kier alpha value is -2.26. The highest BCUT2D eigenvalue weighted by Crippen LogP contribution is 2.25. The Morgan fingerprint density at radius 1 is 0.625 bits per heavy atom. The van der Waals surface area contributed by atoms with Gasteiger partial charge in [-0.15, -0.1) is 0 Å². The molecule has 2 aliphatic rings. The van der Waals surface area contributed by atoms with Crippen LogP contribution >= 0.6 is 34.6 Å². The van der Waals surface area contributed by atoms with E-state index in [2.05, 4.69) is 0 Å². The number of amides is 4. The summed E-state index contributed by atoms with van der Waals surface area (Å²) in [6.45, 7) is 0. The molecule has 0 saturated heterocycles. The van der Waals surface area contributed by atoms with Gasteiger partial charge in [0.1, 0.15) is 0 Å². The lowest BCUT2D eigenvalue weighted by Crippen LogP contribution is -2.18. The van der Waals surface area contributed by atoms with Gasteiger partial charge in [0.05, 0.1) is 45.1 Å². The number of hydrogen-bond donors (Lipinski definition) is 0. The Bertz CT molecular complexity index is 756. The van der Waals surface area contributed by atoms with Crippen LogP contribution in [-0.4, -0.2) is 31.2 Å². The Labute approximate surface area is 155 Å². The van der Waals surface area contributed by atoms with E-state index in [9.17, 15) is 19.2 Å². The number of halogens is 2. The molecule has 0 unspecified atom stereocenters. The average Bonchev–Trinajstić information content (AvgIpc) is 2.98. The lowest BCUT2D eigenvalue weighted by molar-refractivity contribution is 0.0760. The van der Waals surface area contributed by atoms with Gasteiger partial charge in [0.2, 0.25) is 0 Å². The zero-order chi connectivity index (χ0) is 17.4. The molecular formula is C16H8ClIN2O4. The second kappa shape index (κ2) is 6.33. The van der Waals surface area contributed by atoms with Crippen molar-refractivity contribution in [3.05, 3.63) is 70.8 Å². The highest BCUT2D eigenvalue weighted by molar-refractivity contribution is 14.1. The summed E-state index contributed by atoms with van der Waals surface area (Å²) in [6, 6.07) is 13.4. The number of hydrogen-bond acceptors (Lipinski definition) is 4. The van der Waals surface area contributed by atoms with Crippen molar-refractivity contribution in [3.8, 4) is 0 Å². The van der Waals surface area contributed by atoms with Crippen LogP contribution in [0, 0.1) is 0 Å². The number of benzene rings is 2. The minimum absolute atomic E-state index is 0.226. The first-order valence-electron chi connectivity index (χ1n) is 6.70. The summed E-state index contributed by atoms with van der Waals surface area (Å²) in [5.74, 6) is -1.35. The van der Waals surface area contributed by atoms with Crippen molar-refractivity contribution in [2.24, 2.45) is 0 Å². The standard InChI is InChI=1S/C8H4ClNO2.C8H4INO2/c2*9-10-7(11)5-3-1-2-4-6(5)8(10)12/h2*1-4H. The van der Waals surface area contributed by atoms with Gasteiger partial charge in [-0.2, -0.15) is 4.42 Å². The van der Waals surface area contributed by atoms with Crippen LogP contribution in [0.2, 0.25) is 0 Å². The molecule has 0 aromatic heterocycles. The molecule has 0 saturated carbocycles. The first kappa shape index (κ1) is 16.6. The first-order valence-corrected chi connectivity index (χ1v) is 8.01. The molecule has 120 valence electrons. The second-order valence-electron chi connectivity index (χ2n) is 4.87. The van der Waals surface area contributed by atoms with Gasteiger partial charge in [-0.05, 0) is 24.3 Å². The van der Waals surface area contributed by atoms with Crippen LogP contribution in [0.5, 0.6) is 0 Å². The van der Waals surface area contributed by atoms with E-state index in [0.717, 1.165) is 3.11 Å². The van der Waals surface area contributed by atoms with E-state index in [1.807, 2.05) is 0 Å². The molecule has 2 aliphatic heterocycles. The van der Waals surface area contributed by atoms with Crippen LogP contribution < -0.4 is 0 Å². The van der Waals surface area contributed by atoms with Gasteiger partial charge in [-0.3, -0.25) is 19.2 Å². The fraction of sp³-hybridized carbons (Fsp3) is 0. The number of rotatable bonds is 0. The average molecular weight is 455 g/mol. The minimum Gasteiger partial charge on any atom is -0.268 e. The van der Waals surface area contributed by atoms with Crippen LogP contribution in [0.25, 0.3) is 0 Å². The molecule has 24 heavy (non-hydrogen) atoms. The summed E-state index contributed by atoms with van der Waals surface area (Å²) >= 11 is 7.13. The highest BCUT2D eigenvalue weighted by atomic mass is 127. The molecule has 2 aromatic rings. The predicted octanol–water partition coefficient (Wildman–Crippen LogP) is 3.07. The quantitative estimate of drug-likeness (QED) is 0.348. The smallest absolute Gasteiger partial charge is 0.268 e. The first-order chi connectivity index (χ1) is 11.4. The maximum Gasteiger partial charge on any atom is 0.276 e. The van der Waals surface area contributed by atoms with E-state index in [0.29, 0.717) is 26.7 Å². The zero-order valence-electron chi connectivity index (χ0n) is 11.9. The van der Waals surface area contributed by atoms with E-state index in [-0.39, 0.29) is 11.8 Å². The molecule has 4 amide bonds. The van der Waals surface area contributed by atoms with Crippen molar-refractivity contribution < 1.29 is 19.2 Å². The molecule has 2 aromatic carbocycles. The van der Waals surface area contributed by atoms with Crippen molar-refractivity contribution in [2.75, 3.05) is 0 Å². The molecule has 0 spiro atoms. The van der Waals surface area contributed by atoms with Crippen LogP contribution in [0.1, 0.15) is 41.4 Å². The molecule has 8 heteroatoms. The van der Waals surface area contributed by atoms with E-state index >= 15 is 0 Å². The summed E-state index contributed by atoms with van der Waals surface area (Å²) in [5.41, 5.74) is 1.74. The van der Waals surface area contributed by atoms with Gasteiger partial charge in [-0.25, -0.2) is 3.11 Å². The fourth-order valence-electron chi connectivity index (χ4n) is 2.32. The molecule has 0 radical (unpaired) electrons. The van der Waals surface area contributed by atoms with Crippen molar-refractivity contribution in [1.82, 2.24) is 7.53 Å². The maximum absolute atomic E-state index is 11.3. The zero-order valence-corrected chi connectivity index (χ0v) is 14.8. The van der Waals surface area contributed by atoms with Gasteiger partial charge in [0.25, 0.3) is 23.6 Å². The number of nitrogens with zero attached hydrogens (tertiary/aromatic N) is 2. The van der Waals surface area contributed by atoms with E-state index < -0.39 is 11.8 Å². The predicted molar refractivity (Wildman–Crippen MR) is 93.8 cm³/mol. The lowest BCUT2D eigenvalue weighted by Gasteiger charge is -1.98. The number of fused-ring (bicyclic) bond motifs is 2.